The fraction of sp³-hybridized carbons (Fsp3) is 0.786. The molecule has 2 unspecified atom stereocenters. The van der Waals surface area contributed by atoms with Crippen molar-refractivity contribution >= 4 is 0 Å². The Hall–Kier alpha value is -0.830. The Morgan fingerprint density at radius 1 is 1.59 bits per heavy atom. The molecule has 0 aromatic carbocycles. The first-order valence-corrected chi connectivity index (χ1v) is 6.74. The van der Waals surface area contributed by atoms with E-state index in [0.29, 0.717) is 11.5 Å². The highest BCUT2D eigenvalue weighted by Gasteiger charge is 2.49. The molecule has 0 saturated heterocycles. The van der Waals surface area contributed by atoms with E-state index in [1.807, 2.05) is 12.4 Å². The Kier molecular flexibility index (Phi) is 3.57. The van der Waals surface area contributed by atoms with Crippen molar-refractivity contribution in [2.24, 2.45) is 18.4 Å². The molecule has 2 rings (SSSR count). The molecular weight excluding hydrogens is 210 g/mol. The molecule has 1 heterocycles. The quantitative estimate of drug-likeness (QED) is 0.820. The Labute approximate surface area is 105 Å². The highest BCUT2D eigenvalue weighted by Crippen LogP contribution is 2.54. The first-order valence-electron chi connectivity index (χ1n) is 6.74. The van der Waals surface area contributed by atoms with Crippen LogP contribution in [0.1, 0.15) is 39.4 Å². The van der Waals surface area contributed by atoms with Crippen LogP contribution in [0.3, 0.4) is 0 Å². The molecule has 1 aromatic rings. The van der Waals surface area contributed by atoms with Crippen molar-refractivity contribution in [1.82, 2.24) is 14.9 Å². The zero-order valence-electron chi connectivity index (χ0n) is 11.5. The highest BCUT2D eigenvalue weighted by atomic mass is 15.0. The Morgan fingerprint density at radius 2 is 2.29 bits per heavy atom. The summed E-state index contributed by atoms with van der Waals surface area (Å²) in [6.07, 6.45) is 7.56. The van der Waals surface area contributed by atoms with Gasteiger partial charge in [0.15, 0.2) is 0 Å². The van der Waals surface area contributed by atoms with E-state index in [-0.39, 0.29) is 0 Å². The largest absolute Gasteiger partial charge is 0.338 e. The molecule has 2 atom stereocenters. The predicted octanol–water partition coefficient (Wildman–Crippen LogP) is 2.38. The molecule has 0 spiro atoms. The predicted molar refractivity (Wildman–Crippen MR) is 70.9 cm³/mol. The Bertz CT molecular complexity index is 367. The highest BCUT2D eigenvalue weighted by molar-refractivity contribution is 5.03. The fourth-order valence-electron chi connectivity index (χ4n) is 2.82. The van der Waals surface area contributed by atoms with Gasteiger partial charge in [-0.05, 0) is 30.7 Å². The van der Waals surface area contributed by atoms with Crippen molar-refractivity contribution in [3.63, 3.8) is 0 Å². The van der Waals surface area contributed by atoms with Crippen LogP contribution in [0.4, 0.5) is 0 Å². The summed E-state index contributed by atoms with van der Waals surface area (Å²) >= 11 is 0. The maximum Gasteiger partial charge on any atom is 0.108 e. The fourth-order valence-corrected chi connectivity index (χ4v) is 2.82. The third-order valence-corrected chi connectivity index (χ3v) is 4.14. The molecule has 0 amide bonds. The number of nitrogens with zero attached hydrogens (tertiary/aromatic N) is 2. The van der Waals surface area contributed by atoms with Crippen molar-refractivity contribution < 1.29 is 0 Å². The Balaban J connectivity index is 1.88. The van der Waals surface area contributed by atoms with Crippen molar-refractivity contribution in [3.05, 3.63) is 18.2 Å². The zero-order chi connectivity index (χ0) is 12.5. The van der Waals surface area contributed by atoms with Crippen LogP contribution in [-0.2, 0) is 13.5 Å². The van der Waals surface area contributed by atoms with Gasteiger partial charge in [0.2, 0.25) is 0 Å². The summed E-state index contributed by atoms with van der Waals surface area (Å²) in [4.78, 5) is 4.40. The number of hydrogen-bond donors (Lipinski definition) is 1. The maximum absolute atomic E-state index is 4.40. The molecule has 1 saturated carbocycles. The summed E-state index contributed by atoms with van der Waals surface area (Å²) in [5, 5.41) is 3.65. The summed E-state index contributed by atoms with van der Waals surface area (Å²) < 4.78 is 2.13. The van der Waals surface area contributed by atoms with Gasteiger partial charge < -0.3 is 9.88 Å². The van der Waals surface area contributed by atoms with E-state index in [9.17, 15) is 0 Å². The van der Waals surface area contributed by atoms with Crippen molar-refractivity contribution in [1.29, 1.82) is 0 Å². The second kappa shape index (κ2) is 4.81. The lowest BCUT2D eigenvalue weighted by Gasteiger charge is -2.19. The third-order valence-electron chi connectivity index (χ3n) is 4.14. The van der Waals surface area contributed by atoms with E-state index in [4.69, 9.17) is 0 Å². The van der Waals surface area contributed by atoms with Gasteiger partial charge in [0.25, 0.3) is 0 Å². The van der Waals surface area contributed by atoms with E-state index in [0.717, 1.165) is 18.9 Å². The average molecular weight is 235 g/mol. The molecule has 1 aliphatic rings. The van der Waals surface area contributed by atoms with Gasteiger partial charge >= 0.3 is 0 Å². The number of nitrogens with one attached hydrogen (secondary N) is 1. The second-order valence-electron chi connectivity index (χ2n) is 5.96. The smallest absolute Gasteiger partial charge is 0.108 e. The minimum atomic E-state index is 0.550. The molecule has 0 radical (unpaired) electrons. The lowest BCUT2D eigenvalue weighted by Crippen LogP contribution is -2.33. The van der Waals surface area contributed by atoms with Crippen LogP contribution in [0.5, 0.6) is 0 Å². The Morgan fingerprint density at radius 3 is 2.76 bits per heavy atom. The molecule has 1 fully saturated rings. The molecule has 0 aliphatic heterocycles. The molecule has 3 heteroatoms. The van der Waals surface area contributed by atoms with Gasteiger partial charge in [-0.3, -0.25) is 0 Å². The van der Waals surface area contributed by atoms with Crippen LogP contribution in [0.2, 0.25) is 0 Å². The molecule has 0 bridgehead atoms. The number of aromatic nitrogens is 2. The number of rotatable bonds is 6. The van der Waals surface area contributed by atoms with Gasteiger partial charge in [-0.2, -0.15) is 0 Å². The van der Waals surface area contributed by atoms with Crippen LogP contribution in [0.15, 0.2) is 12.4 Å². The van der Waals surface area contributed by atoms with E-state index in [1.165, 1.54) is 18.7 Å². The van der Waals surface area contributed by atoms with Crippen molar-refractivity contribution in [2.45, 2.75) is 46.1 Å². The van der Waals surface area contributed by atoms with Gasteiger partial charge in [0.1, 0.15) is 5.82 Å². The summed E-state index contributed by atoms with van der Waals surface area (Å²) in [6, 6.07) is 0.659. The van der Waals surface area contributed by atoms with Crippen LogP contribution in [0.25, 0.3) is 0 Å². The van der Waals surface area contributed by atoms with Gasteiger partial charge in [-0.1, -0.05) is 20.8 Å². The van der Waals surface area contributed by atoms with Crippen molar-refractivity contribution in [3.8, 4) is 0 Å². The summed E-state index contributed by atoms with van der Waals surface area (Å²) in [5.74, 6) is 2.05. The first-order chi connectivity index (χ1) is 8.04. The first kappa shape index (κ1) is 12.6. The SMILES string of the molecule is CCNC(CCc1nccn1C)C1CC1(C)C. The van der Waals surface area contributed by atoms with E-state index >= 15 is 0 Å². The van der Waals surface area contributed by atoms with Gasteiger partial charge in [0.05, 0.1) is 0 Å². The summed E-state index contributed by atoms with van der Waals surface area (Å²) in [6.45, 7) is 8.02. The third kappa shape index (κ3) is 2.89. The maximum atomic E-state index is 4.40. The van der Waals surface area contributed by atoms with Gasteiger partial charge in [-0.25, -0.2) is 4.98 Å². The molecule has 17 heavy (non-hydrogen) atoms. The number of hydrogen-bond acceptors (Lipinski definition) is 2. The van der Waals surface area contributed by atoms with Crippen LogP contribution in [-0.4, -0.2) is 22.1 Å². The second-order valence-corrected chi connectivity index (χ2v) is 5.96. The van der Waals surface area contributed by atoms with E-state index in [2.05, 4.69) is 42.7 Å². The lowest BCUT2D eigenvalue weighted by atomic mass is 9.99. The normalized spacial score (nSPS) is 23.6. The minimum absolute atomic E-state index is 0.550. The zero-order valence-corrected chi connectivity index (χ0v) is 11.5. The van der Waals surface area contributed by atoms with Gasteiger partial charge in [-0.15, -0.1) is 0 Å². The van der Waals surface area contributed by atoms with Crippen LogP contribution >= 0.6 is 0 Å². The van der Waals surface area contributed by atoms with Crippen LogP contribution < -0.4 is 5.32 Å². The monoisotopic (exact) mass is 235 g/mol. The topological polar surface area (TPSA) is 29.9 Å². The molecule has 1 aliphatic carbocycles. The number of imidazole rings is 1. The minimum Gasteiger partial charge on any atom is -0.338 e. The standard InChI is InChI=1S/C14H25N3/c1-5-15-12(11-10-14(11,2)3)6-7-13-16-8-9-17(13)4/h8-9,11-12,15H,5-7,10H2,1-4H3. The summed E-state index contributed by atoms with van der Waals surface area (Å²) in [7, 11) is 2.08. The average Bonchev–Trinajstić information content (AvgIpc) is 2.69. The van der Waals surface area contributed by atoms with E-state index < -0.39 is 0 Å². The molecule has 3 nitrogen and oxygen atoms in total. The molecule has 96 valence electrons. The molecule has 1 aromatic heterocycles. The lowest BCUT2D eigenvalue weighted by molar-refractivity contribution is 0.388. The molecule has 1 N–H and O–H groups in total. The van der Waals surface area contributed by atoms with Gasteiger partial charge in [0, 0.05) is 31.9 Å². The van der Waals surface area contributed by atoms with Crippen LogP contribution in [0, 0.1) is 11.3 Å². The summed E-state index contributed by atoms with van der Waals surface area (Å²) in [5.41, 5.74) is 0.550. The van der Waals surface area contributed by atoms with E-state index in [1.54, 1.807) is 0 Å². The van der Waals surface area contributed by atoms with Crippen molar-refractivity contribution in [2.75, 3.05) is 6.54 Å². The number of aryl methyl sites for hydroxylation is 2. The molecular formula is C14H25N3.